The molecule has 1 atom stereocenters. The van der Waals surface area contributed by atoms with Gasteiger partial charge in [-0.15, -0.1) is 11.8 Å². The van der Waals surface area contributed by atoms with E-state index in [2.05, 4.69) is 10.3 Å². The highest BCUT2D eigenvalue weighted by atomic mass is 35.5. The van der Waals surface area contributed by atoms with Crippen molar-refractivity contribution in [3.05, 3.63) is 58.6 Å². The van der Waals surface area contributed by atoms with Crippen molar-refractivity contribution in [3.8, 4) is 0 Å². The van der Waals surface area contributed by atoms with Crippen LogP contribution in [0.15, 0.2) is 41.4 Å². The summed E-state index contributed by atoms with van der Waals surface area (Å²) in [5, 5.41) is 3.62. The van der Waals surface area contributed by atoms with Gasteiger partial charge in [0, 0.05) is 21.9 Å². The highest BCUT2D eigenvalue weighted by Crippen LogP contribution is 2.37. The van der Waals surface area contributed by atoms with Crippen LogP contribution in [0.4, 0.5) is 4.39 Å². The number of halogens is 2. The number of carbonyl (C=O) groups is 1. The first-order chi connectivity index (χ1) is 10.1. The predicted octanol–water partition coefficient (Wildman–Crippen LogP) is 3.84. The number of fused-ring (bicyclic) bond motifs is 1. The molecular weight excluding hydrogens is 311 g/mol. The summed E-state index contributed by atoms with van der Waals surface area (Å²) < 4.78 is 12.8. The van der Waals surface area contributed by atoms with Crippen molar-refractivity contribution in [2.75, 3.05) is 5.75 Å². The lowest BCUT2D eigenvalue weighted by molar-refractivity contribution is 0.0934. The normalized spacial score (nSPS) is 17.1. The Bertz CT molecular complexity index is 678. The second-order valence-electron chi connectivity index (χ2n) is 4.71. The summed E-state index contributed by atoms with van der Waals surface area (Å²) in [5.74, 6) is 0.0735. The molecule has 2 aromatic rings. The Labute approximate surface area is 130 Å². The number of thioether (sulfide) groups is 1. The molecule has 0 fully saturated rings. The van der Waals surface area contributed by atoms with Crippen LogP contribution in [0.5, 0.6) is 0 Å². The van der Waals surface area contributed by atoms with Gasteiger partial charge in [0.25, 0.3) is 5.91 Å². The number of carbonyl (C=O) groups excluding carboxylic acids is 1. The molecule has 0 bridgehead atoms. The van der Waals surface area contributed by atoms with Gasteiger partial charge >= 0.3 is 0 Å². The molecule has 1 N–H and O–H groups in total. The maximum Gasteiger partial charge on any atom is 0.253 e. The van der Waals surface area contributed by atoms with Crippen LogP contribution in [-0.4, -0.2) is 16.6 Å². The molecule has 1 aromatic carbocycles. The minimum absolute atomic E-state index is 0.0856. The Kier molecular flexibility index (Phi) is 4.12. The molecular formula is C15H12ClFN2OS. The third-order valence-corrected chi connectivity index (χ3v) is 4.66. The monoisotopic (exact) mass is 322 g/mol. The number of nitrogens with zero attached hydrogens (tertiary/aromatic N) is 1. The Balaban J connectivity index is 1.81. The molecule has 1 amide bonds. The van der Waals surface area contributed by atoms with Gasteiger partial charge in [-0.1, -0.05) is 11.6 Å². The van der Waals surface area contributed by atoms with Crippen LogP contribution >= 0.6 is 23.4 Å². The van der Waals surface area contributed by atoms with Gasteiger partial charge in [0.15, 0.2) is 0 Å². The van der Waals surface area contributed by atoms with Crippen LogP contribution in [0.2, 0.25) is 5.02 Å². The number of hydrogen-bond donors (Lipinski definition) is 1. The molecule has 1 unspecified atom stereocenters. The van der Waals surface area contributed by atoms with E-state index >= 15 is 0 Å². The summed E-state index contributed by atoms with van der Waals surface area (Å²) in [6.07, 6.45) is 2.07. The maximum absolute atomic E-state index is 12.8. The summed E-state index contributed by atoms with van der Waals surface area (Å²) in [5.41, 5.74) is 1.38. The van der Waals surface area contributed by atoms with E-state index in [1.165, 1.54) is 18.3 Å². The van der Waals surface area contributed by atoms with Crippen molar-refractivity contribution < 1.29 is 9.18 Å². The zero-order valence-corrected chi connectivity index (χ0v) is 12.5. The van der Waals surface area contributed by atoms with Crippen molar-refractivity contribution in [1.29, 1.82) is 0 Å². The Morgan fingerprint density at radius 2 is 2.24 bits per heavy atom. The van der Waals surface area contributed by atoms with Gasteiger partial charge in [-0.2, -0.15) is 4.39 Å². The van der Waals surface area contributed by atoms with Crippen LogP contribution in [0.1, 0.15) is 28.4 Å². The fourth-order valence-corrected chi connectivity index (χ4v) is 3.55. The number of benzene rings is 1. The third-order valence-electron chi connectivity index (χ3n) is 3.31. The van der Waals surface area contributed by atoms with Crippen molar-refractivity contribution in [1.82, 2.24) is 10.3 Å². The van der Waals surface area contributed by atoms with Crippen molar-refractivity contribution in [2.45, 2.75) is 17.4 Å². The van der Waals surface area contributed by atoms with E-state index in [0.29, 0.717) is 10.6 Å². The number of amides is 1. The molecule has 0 spiro atoms. The van der Waals surface area contributed by atoms with E-state index in [-0.39, 0.29) is 11.9 Å². The van der Waals surface area contributed by atoms with Crippen LogP contribution in [0, 0.1) is 5.95 Å². The molecule has 1 aliphatic heterocycles. The van der Waals surface area contributed by atoms with E-state index in [0.717, 1.165) is 22.6 Å². The highest BCUT2D eigenvalue weighted by molar-refractivity contribution is 7.99. The average Bonchev–Trinajstić information content (AvgIpc) is 2.48. The quantitative estimate of drug-likeness (QED) is 0.854. The number of aromatic nitrogens is 1. The van der Waals surface area contributed by atoms with Crippen molar-refractivity contribution >= 4 is 29.3 Å². The summed E-state index contributed by atoms with van der Waals surface area (Å²) in [6.45, 7) is 0. The first kappa shape index (κ1) is 14.4. The molecule has 1 aromatic heterocycles. The molecule has 0 radical (unpaired) electrons. The largest absolute Gasteiger partial charge is 0.345 e. The summed E-state index contributed by atoms with van der Waals surface area (Å²) in [4.78, 5) is 16.8. The fourth-order valence-electron chi connectivity index (χ4n) is 2.27. The molecule has 3 rings (SSSR count). The van der Waals surface area contributed by atoms with Gasteiger partial charge < -0.3 is 5.32 Å². The molecule has 108 valence electrons. The Morgan fingerprint density at radius 3 is 3.00 bits per heavy atom. The lowest BCUT2D eigenvalue weighted by Crippen LogP contribution is -2.30. The summed E-state index contributed by atoms with van der Waals surface area (Å²) >= 11 is 7.79. The first-order valence-corrected chi connectivity index (χ1v) is 7.84. The molecule has 0 saturated heterocycles. The van der Waals surface area contributed by atoms with Crippen LogP contribution in [-0.2, 0) is 0 Å². The van der Waals surface area contributed by atoms with E-state index in [1.807, 2.05) is 18.2 Å². The van der Waals surface area contributed by atoms with E-state index in [9.17, 15) is 9.18 Å². The minimum Gasteiger partial charge on any atom is -0.345 e. The van der Waals surface area contributed by atoms with Gasteiger partial charge in [-0.3, -0.25) is 4.79 Å². The van der Waals surface area contributed by atoms with Gasteiger partial charge in [0.1, 0.15) is 0 Å². The number of pyridine rings is 1. The molecule has 21 heavy (non-hydrogen) atoms. The lowest BCUT2D eigenvalue weighted by Gasteiger charge is -2.26. The van der Waals surface area contributed by atoms with E-state index < -0.39 is 5.95 Å². The van der Waals surface area contributed by atoms with Crippen molar-refractivity contribution in [3.63, 3.8) is 0 Å². The molecule has 0 aliphatic carbocycles. The van der Waals surface area contributed by atoms with Crippen LogP contribution in [0.3, 0.4) is 0 Å². The van der Waals surface area contributed by atoms with E-state index in [4.69, 9.17) is 11.6 Å². The minimum atomic E-state index is -0.599. The molecule has 3 nitrogen and oxygen atoms in total. The SMILES string of the molecule is O=C(NC1CCSc2ccc(Cl)cc21)c1ccc(F)nc1. The van der Waals surface area contributed by atoms with Crippen LogP contribution < -0.4 is 5.32 Å². The smallest absolute Gasteiger partial charge is 0.253 e. The average molecular weight is 323 g/mol. The molecule has 2 heterocycles. The number of nitrogens with one attached hydrogen (secondary N) is 1. The van der Waals surface area contributed by atoms with Gasteiger partial charge in [-0.25, -0.2) is 4.98 Å². The number of hydrogen-bond acceptors (Lipinski definition) is 3. The first-order valence-electron chi connectivity index (χ1n) is 6.48. The summed E-state index contributed by atoms with van der Waals surface area (Å²) in [6, 6.07) is 8.22. The Hall–Kier alpha value is -1.59. The second-order valence-corrected chi connectivity index (χ2v) is 6.29. The summed E-state index contributed by atoms with van der Waals surface area (Å²) in [7, 11) is 0. The maximum atomic E-state index is 12.8. The molecule has 0 saturated carbocycles. The highest BCUT2D eigenvalue weighted by Gasteiger charge is 2.23. The molecule has 6 heteroatoms. The topological polar surface area (TPSA) is 42.0 Å². The van der Waals surface area contributed by atoms with Gasteiger partial charge in [0.05, 0.1) is 11.6 Å². The Morgan fingerprint density at radius 1 is 1.38 bits per heavy atom. The standard InChI is InChI=1S/C15H12ClFN2OS/c16-10-2-3-13-11(7-10)12(5-6-21-13)19-15(20)9-1-4-14(17)18-8-9/h1-4,7-8,12H,5-6H2,(H,19,20). The van der Waals surface area contributed by atoms with Gasteiger partial charge in [-0.05, 0) is 42.3 Å². The van der Waals surface area contributed by atoms with Crippen LogP contribution in [0.25, 0.3) is 0 Å². The predicted molar refractivity (Wildman–Crippen MR) is 81.2 cm³/mol. The number of rotatable bonds is 2. The third kappa shape index (κ3) is 3.19. The molecule has 1 aliphatic rings. The van der Waals surface area contributed by atoms with E-state index in [1.54, 1.807) is 11.8 Å². The van der Waals surface area contributed by atoms with Gasteiger partial charge in [0.2, 0.25) is 5.95 Å². The lowest BCUT2D eigenvalue weighted by atomic mass is 10.0. The zero-order chi connectivity index (χ0) is 14.8. The fraction of sp³-hybridized carbons (Fsp3) is 0.200. The van der Waals surface area contributed by atoms with Crippen molar-refractivity contribution in [2.24, 2.45) is 0 Å². The zero-order valence-electron chi connectivity index (χ0n) is 11.0. The second kappa shape index (κ2) is 6.03.